The molecule has 2 saturated heterocycles. The molecule has 1 aromatic carbocycles. The highest BCUT2D eigenvalue weighted by atomic mass is 35.5. The van der Waals surface area contributed by atoms with E-state index in [1.165, 1.54) is 19.3 Å². The predicted molar refractivity (Wildman–Crippen MR) is 120 cm³/mol. The third-order valence-corrected chi connectivity index (χ3v) is 7.63. The minimum absolute atomic E-state index is 0. The van der Waals surface area contributed by atoms with Gasteiger partial charge < -0.3 is 15.0 Å². The first-order valence-electron chi connectivity index (χ1n) is 10.8. The zero-order valence-electron chi connectivity index (χ0n) is 17.5. The normalized spacial score (nSPS) is 21.0. The Morgan fingerprint density at radius 2 is 1.86 bits per heavy atom. The third-order valence-electron chi connectivity index (χ3n) is 5.67. The molecule has 29 heavy (non-hydrogen) atoms. The van der Waals surface area contributed by atoms with Gasteiger partial charge in [0.15, 0.2) is 0 Å². The molecular weight excluding hydrogens is 410 g/mol. The SMILES string of the molecule is CCCOc1ccc(S(=O)(=O)N(CCN2CCCCC2)C2CCCNC2)cc1.Cl. The van der Waals surface area contributed by atoms with Crippen LogP contribution in [0.5, 0.6) is 5.75 Å². The van der Waals surface area contributed by atoms with Crippen LogP contribution in [0.3, 0.4) is 0 Å². The lowest BCUT2D eigenvalue weighted by atomic mass is 10.1. The number of piperidine rings is 2. The van der Waals surface area contributed by atoms with Crippen molar-refractivity contribution in [3.63, 3.8) is 0 Å². The molecule has 2 aliphatic heterocycles. The van der Waals surface area contributed by atoms with Crippen LogP contribution < -0.4 is 10.1 Å². The summed E-state index contributed by atoms with van der Waals surface area (Å²) in [4.78, 5) is 2.77. The minimum Gasteiger partial charge on any atom is -0.494 e. The summed E-state index contributed by atoms with van der Waals surface area (Å²) in [6.07, 6.45) is 6.60. The molecule has 1 atom stereocenters. The molecule has 0 bridgehead atoms. The molecule has 0 spiro atoms. The molecular formula is C21H36ClN3O3S. The van der Waals surface area contributed by atoms with Gasteiger partial charge in [-0.3, -0.25) is 0 Å². The quantitative estimate of drug-likeness (QED) is 0.632. The van der Waals surface area contributed by atoms with Crippen molar-refractivity contribution >= 4 is 22.4 Å². The number of hydrogen-bond donors (Lipinski definition) is 1. The fraction of sp³-hybridized carbons (Fsp3) is 0.714. The van der Waals surface area contributed by atoms with Gasteiger partial charge in [-0.05, 0) is 76.0 Å². The number of hydrogen-bond acceptors (Lipinski definition) is 5. The topological polar surface area (TPSA) is 61.9 Å². The fourth-order valence-electron chi connectivity index (χ4n) is 4.06. The number of rotatable bonds is 9. The van der Waals surface area contributed by atoms with Gasteiger partial charge in [0.05, 0.1) is 11.5 Å². The zero-order valence-corrected chi connectivity index (χ0v) is 19.1. The molecule has 3 rings (SSSR count). The van der Waals surface area contributed by atoms with Crippen molar-refractivity contribution in [1.29, 1.82) is 0 Å². The van der Waals surface area contributed by atoms with E-state index in [1.54, 1.807) is 28.6 Å². The maximum absolute atomic E-state index is 13.5. The molecule has 0 amide bonds. The summed E-state index contributed by atoms with van der Waals surface area (Å²) in [6, 6.07) is 6.93. The van der Waals surface area contributed by atoms with E-state index >= 15 is 0 Å². The number of halogens is 1. The molecule has 0 aliphatic carbocycles. The second kappa shape index (κ2) is 12.1. The summed E-state index contributed by atoms with van der Waals surface area (Å²) in [5.74, 6) is 0.722. The van der Waals surface area contributed by atoms with Crippen molar-refractivity contribution in [1.82, 2.24) is 14.5 Å². The molecule has 2 fully saturated rings. The van der Waals surface area contributed by atoms with Crippen molar-refractivity contribution in [2.45, 2.75) is 56.4 Å². The van der Waals surface area contributed by atoms with Crippen molar-refractivity contribution in [3.8, 4) is 5.75 Å². The van der Waals surface area contributed by atoms with E-state index < -0.39 is 10.0 Å². The Balaban J connectivity index is 0.00000300. The van der Waals surface area contributed by atoms with E-state index in [0.717, 1.165) is 57.7 Å². The van der Waals surface area contributed by atoms with Crippen LogP contribution in [0.15, 0.2) is 29.2 Å². The summed E-state index contributed by atoms with van der Waals surface area (Å²) in [5, 5.41) is 3.37. The third kappa shape index (κ3) is 6.82. The van der Waals surface area contributed by atoms with E-state index in [-0.39, 0.29) is 18.4 Å². The van der Waals surface area contributed by atoms with Crippen LogP contribution in [0, 0.1) is 0 Å². The zero-order chi connectivity index (χ0) is 19.8. The molecule has 6 nitrogen and oxygen atoms in total. The Hall–Kier alpha value is -0.860. The summed E-state index contributed by atoms with van der Waals surface area (Å²) in [5.41, 5.74) is 0. The average molecular weight is 446 g/mol. The number of likely N-dealkylation sites (tertiary alicyclic amines) is 1. The van der Waals surface area contributed by atoms with E-state index in [2.05, 4.69) is 17.1 Å². The highest BCUT2D eigenvalue weighted by Crippen LogP contribution is 2.24. The molecule has 1 aromatic rings. The Morgan fingerprint density at radius 1 is 1.14 bits per heavy atom. The first-order valence-corrected chi connectivity index (χ1v) is 12.2. The monoisotopic (exact) mass is 445 g/mol. The molecule has 0 radical (unpaired) electrons. The number of sulfonamides is 1. The molecule has 0 aromatic heterocycles. The summed E-state index contributed by atoms with van der Waals surface area (Å²) in [7, 11) is -3.53. The van der Waals surface area contributed by atoms with Crippen LogP contribution in [-0.2, 0) is 10.0 Å². The maximum Gasteiger partial charge on any atom is 0.243 e. The Morgan fingerprint density at radius 3 is 2.48 bits per heavy atom. The average Bonchev–Trinajstić information content (AvgIpc) is 2.74. The van der Waals surface area contributed by atoms with Gasteiger partial charge in [0.2, 0.25) is 10.0 Å². The lowest BCUT2D eigenvalue weighted by molar-refractivity contribution is 0.190. The van der Waals surface area contributed by atoms with E-state index in [0.29, 0.717) is 18.0 Å². The Labute approximate surface area is 182 Å². The second-order valence-corrected chi connectivity index (χ2v) is 9.73. The number of nitrogens with zero attached hydrogens (tertiary/aromatic N) is 2. The van der Waals surface area contributed by atoms with E-state index in [9.17, 15) is 8.42 Å². The van der Waals surface area contributed by atoms with Gasteiger partial charge in [0.25, 0.3) is 0 Å². The largest absolute Gasteiger partial charge is 0.494 e. The van der Waals surface area contributed by atoms with Crippen molar-refractivity contribution in [3.05, 3.63) is 24.3 Å². The van der Waals surface area contributed by atoms with Crippen LogP contribution in [0.2, 0.25) is 0 Å². The van der Waals surface area contributed by atoms with Crippen LogP contribution in [0.1, 0.15) is 45.4 Å². The van der Waals surface area contributed by atoms with E-state index in [1.807, 2.05) is 0 Å². The second-order valence-electron chi connectivity index (χ2n) is 7.84. The summed E-state index contributed by atoms with van der Waals surface area (Å²) in [6.45, 7) is 7.94. The fourth-order valence-corrected chi connectivity index (χ4v) is 5.71. The Bertz CT molecular complexity index is 688. The number of benzene rings is 1. The number of ether oxygens (including phenoxy) is 1. The molecule has 2 heterocycles. The smallest absolute Gasteiger partial charge is 0.243 e. The van der Waals surface area contributed by atoms with Gasteiger partial charge in [0, 0.05) is 25.7 Å². The predicted octanol–water partition coefficient (Wildman–Crippen LogP) is 3.13. The van der Waals surface area contributed by atoms with Gasteiger partial charge >= 0.3 is 0 Å². The molecule has 166 valence electrons. The maximum atomic E-state index is 13.5. The molecule has 2 aliphatic rings. The van der Waals surface area contributed by atoms with Crippen LogP contribution >= 0.6 is 12.4 Å². The molecule has 1 N–H and O–H groups in total. The summed E-state index contributed by atoms with van der Waals surface area (Å²) < 4.78 is 34.3. The molecule has 0 saturated carbocycles. The minimum atomic E-state index is -3.53. The van der Waals surface area contributed by atoms with Crippen molar-refractivity contribution < 1.29 is 13.2 Å². The van der Waals surface area contributed by atoms with Crippen molar-refractivity contribution in [2.24, 2.45) is 0 Å². The molecule has 1 unspecified atom stereocenters. The first kappa shape index (κ1) is 24.4. The highest BCUT2D eigenvalue weighted by Gasteiger charge is 2.32. The van der Waals surface area contributed by atoms with Gasteiger partial charge in [-0.1, -0.05) is 13.3 Å². The van der Waals surface area contributed by atoms with E-state index in [4.69, 9.17) is 4.74 Å². The first-order chi connectivity index (χ1) is 13.6. The van der Waals surface area contributed by atoms with Crippen LogP contribution in [0.4, 0.5) is 0 Å². The standard InChI is InChI=1S/C21H35N3O3S.ClH/c1-2-17-27-20-8-10-21(11-9-20)28(25,26)24(19-7-6-12-22-18-19)16-15-23-13-4-3-5-14-23;/h8-11,19,22H,2-7,12-18H2,1H3;1H. The van der Waals surface area contributed by atoms with Gasteiger partial charge in [-0.2, -0.15) is 4.31 Å². The summed E-state index contributed by atoms with van der Waals surface area (Å²) >= 11 is 0. The van der Waals surface area contributed by atoms with Crippen LogP contribution in [0.25, 0.3) is 0 Å². The van der Waals surface area contributed by atoms with Gasteiger partial charge in [-0.25, -0.2) is 8.42 Å². The lowest BCUT2D eigenvalue weighted by Crippen LogP contribution is -2.51. The number of nitrogens with one attached hydrogen (secondary N) is 1. The van der Waals surface area contributed by atoms with Gasteiger partial charge in [0.1, 0.15) is 5.75 Å². The lowest BCUT2D eigenvalue weighted by Gasteiger charge is -2.36. The van der Waals surface area contributed by atoms with Crippen LogP contribution in [-0.4, -0.2) is 69.5 Å². The Kier molecular flexibility index (Phi) is 10.2. The van der Waals surface area contributed by atoms with Gasteiger partial charge in [-0.15, -0.1) is 12.4 Å². The molecule has 8 heteroatoms. The highest BCUT2D eigenvalue weighted by molar-refractivity contribution is 7.89. The van der Waals surface area contributed by atoms with Crippen molar-refractivity contribution in [2.75, 3.05) is 45.9 Å².